The third-order valence-corrected chi connectivity index (χ3v) is 6.20. The highest BCUT2D eigenvalue weighted by atomic mass is 35.5. The van der Waals surface area contributed by atoms with Gasteiger partial charge in [-0.05, 0) is 31.2 Å². The van der Waals surface area contributed by atoms with E-state index in [0.29, 0.717) is 23.7 Å². The van der Waals surface area contributed by atoms with Gasteiger partial charge in [0.05, 0.1) is 15.9 Å². The Labute approximate surface area is 167 Å². The molecule has 2 aliphatic rings. The number of nitrogens with two attached hydrogens (primary N) is 1. The zero-order valence-corrected chi connectivity index (χ0v) is 16.4. The van der Waals surface area contributed by atoms with Gasteiger partial charge < -0.3 is 25.4 Å². The number of anilines is 1. The maximum Gasteiger partial charge on any atom is 0.341 e. The van der Waals surface area contributed by atoms with E-state index in [9.17, 15) is 19.8 Å². The Morgan fingerprint density at radius 3 is 2.68 bits per heavy atom. The highest BCUT2D eigenvalue weighted by Crippen LogP contribution is 2.45. The van der Waals surface area contributed by atoms with E-state index >= 15 is 0 Å². The lowest BCUT2D eigenvalue weighted by Gasteiger charge is -2.38. The summed E-state index contributed by atoms with van der Waals surface area (Å²) in [6, 6.07) is 1.44. The normalized spacial score (nSPS) is 22.6. The van der Waals surface area contributed by atoms with Crippen LogP contribution < -0.4 is 16.1 Å². The van der Waals surface area contributed by atoms with E-state index in [2.05, 4.69) is 6.92 Å². The summed E-state index contributed by atoms with van der Waals surface area (Å²) in [6.45, 7) is 3.40. The number of nitrogens with zero attached hydrogens (tertiary/aromatic N) is 2. The summed E-state index contributed by atoms with van der Waals surface area (Å²) >= 11 is 6.75. The number of fused-ring (bicyclic) bond motifs is 1. The quantitative estimate of drug-likeness (QED) is 0.721. The van der Waals surface area contributed by atoms with Crippen LogP contribution in [0.25, 0.3) is 10.9 Å². The number of piperidine rings is 1. The second kappa shape index (κ2) is 6.97. The number of aromatic hydroxyl groups is 1. The van der Waals surface area contributed by atoms with Gasteiger partial charge in [0.15, 0.2) is 0 Å². The number of hydrogen-bond acceptors (Lipinski definition) is 5. The Morgan fingerprint density at radius 1 is 1.36 bits per heavy atom. The summed E-state index contributed by atoms with van der Waals surface area (Å²) < 4.78 is 1.78. The van der Waals surface area contributed by atoms with Gasteiger partial charge in [0.2, 0.25) is 5.43 Å². The van der Waals surface area contributed by atoms with Crippen molar-refractivity contribution in [1.29, 1.82) is 0 Å². The van der Waals surface area contributed by atoms with Crippen LogP contribution in [0, 0.1) is 5.92 Å². The zero-order valence-electron chi connectivity index (χ0n) is 15.7. The second-order valence-electron chi connectivity index (χ2n) is 7.94. The highest BCUT2D eigenvalue weighted by Gasteiger charge is 2.32. The molecule has 150 valence electrons. The van der Waals surface area contributed by atoms with Gasteiger partial charge in [0.1, 0.15) is 17.0 Å². The maximum absolute atomic E-state index is 12.7. The van der Waals surface area contributed by atoms with Crippen LogP contribution in [-0.2, 0) is 0 Å². The molecule has 2 heterocycles. The number of phenolic OH excluding ortho intramolecular Hbond substituents is 1. The first-order valence-corrected chi connectivity index (χ1v) is 10.0. The Kier molecular flexibility index (Phi) is 4.75. The van der Waals surface area contributed by atoms with Crippen LogP contribution in [0.15, 0.2) is 17.1 Å². The Morgan fingerprint density at radius 2 is 2.07 bits per heavy atom. The molecule has 0 amide bonds. The number of aromatic nitrogens is 1. The average Bonchev–Trinajstić information content (AvgIpc) is 3.46. The molecular formula is C20H24ClN3O4. The van der Waals surface area contributed by atoms with Crippen LogP contribution in [0.1, 0.15) is 49.0 Å². The van der Waals surface area contributed by atoms with Crippen molar-refractivity contribution in [3.05, 3.63) is 33.1 Å². The number of aromatic carboxylic acids is 1. The molecule has 2 atom stereocenters. The molecule has 0 unspecified atom stereocenters. The summed E-state index contributed by atoms with van der Waals surface area (Å²) in [7, 11) is 0. The first-order valence-electron chi connectivity index (χ1n) is 9.65. The van der Waals surface area contributed by atoms with E-state index in [1.165, 1.54) is 12.3 Å². The van der Waals surface area contributed by atoms with Gasteiger partial charge in [-0.1, -0.05) is 24.9 Å². The molecule has 0 bridgehead atoms. The fraction of sp³-hybridized carbons (Fsp3) is 0.500. The number of halogens is 1. The van der Waals surface area contributed by atoms with Crippen molar-refractivity contribution in [1.82, 2.24) is 4.57 Å². The van der Waals surface area contributed by atoms with E-state index in [-0.39, 0.29) is 33.8 Å². The number of carboxylic acids is 1. The van der Waals surface area contributed by atoms with Gasteiger partial charge >= 0.3 is 5.97 Å². The summed E-state index contributed by atoms with van der Waals surface area (Å²) in [4.78, 5) is 26.2. The molecule has 4 rings (SSSR count). The van der Waals surface area contributed by atoms with E-state index in [4.69, 9.17) is 17.3 Å². The molecule has 1 aromatic heterocycles. The molecule has 2 aromatic rings. The molecule has 8 heteroatoms. The van der Waals surface area contributed by atoms with Crippen molar-refractivity contribution in [2.75, 3.05) is 18.0 Å². The molecule has 0 radical (unpaired) electrons. The number of pyridine rings is 1. The zero-order chi connectivity index (χ0) is 20.2. The van der Waals surface area contributed by atoms with Crippen LogP contribution in [0.2, 0.25) is 5.02 Å². The number of carboxylic acid groups (broad SMARTS) is 1. The summed E-state index contributed by atoms with van der Waals surface area (Å²) in [5.74, 6) is -1.01. The van der Waals surface area contributed by atoms with Gasteiger partial charge in [-0.2, -0.15) is 0 Å². The minimum absolute atomic E-state index is 0.0233. The first-order chi connectivity index (χ1) is 13.3. The summed E-state index contributed by atoms with van der Waals surface area (Å²) in [5.41, 5.74) is 6.23. The third-order valence-electron chi connectivity index (χ3n) is 5.84. The predicted octanol–water partition coefficient (Wildman–Crippen LogP) is 2.96. The van der Waals surface area contributed by atoms with Gasteiger partial charge in [-0.15, -0.1) is 0 Å². The predicted molar refractivity (Wildman–Crippen MR) is 109 cm³/mol. The topological polar surface area (TPSA) is 109 Å². The number of rotatable bonds is 4. The standard InChI is InChI=1S/C20H24ClN3O4/c1-2-10-5-11(22)8-23(7-10)18-15(25)6-13-17(16(18)21)24(12-3-4-12)9-14(19(13)26)20(27)28/h6,9-12,25H,2-5,7-8,22H2,1H3,(H,27,28)/t10-,11-/m0/s1. The molecule has 28 heavy (non-hydrogen) atoms. The fourth-order valence-electron chi connectivity index (χ4n) is 4.27. The number of hydrogen-bond donors (Lipinski definition) is 3. The van der Waals surface area contributed by atoms with Crippen molar-refractivity contribution in [2.45, 2.75) is 44.7 Å². The molecule has 1 aliphatic carbocycles. The Bertz CT molecular complexity index is 1010. The molecule has 7 nitrogen and oxygen atoms in total. The van der Waals surface area contributed by atoms with Crippen molar-refractivity contribution in [3.63, 3.8) is 0 Å². The van der Waals surface area contributed by atoms with Crippen LogP contribution >= 0.6 is 11.6 Å². The lowest BCUT2D eigenvalue weighted by atomic mass is 9.92. The maximum atomic E-state index is 12.7. The largest absolute Gasteiger partial charge is 0.506 e. The van der Waals surface area contributed by atoms with Gasteiger partial charge in [-0.3, -0.25) is 4.79 Å². The SMILES string of the molecule is CC[C@H]1C[C@H](N)CN(c2c(O)cc3c(=O)c(C(=O)O)cn(C4CC4)c3c2Cl)C1. The highest BCUT2D eigenvalue weighted by molar-refractivity contribution is 6.38. The van der Waals surface area contributed by atoms with Crippen LogP contribution in [0.4, 0.5) is 5.69 Å². The number of carbonyl (C=O) groups is 1. The van der Waals surface area contributed by atoms with E-state index < -0.39 is 11.4 Å². The van der Waals surface area contributed by atoms with E-state index in [1.807, 2.05) is 4.90 Å². The van der Waals surface area contributed by atoms with Crippen LogP contribution in [0.5, 0.6) is 5.75 Å². The summed E-state index contributed by atoms with van der Waals surface area (Å²) in [6.07, 6.45) is 5.08. The third kappa shape index (κ3) is 3.12. The molecule has 2 fully saturated rings. The monoisotopic (exact) mass is 405 g/mol. The van der Waals surface area contributed by atoms with Gasteiger partial charge in [0.25, 0.3) is 0 Å². The average molecular weight is 406 g/mol. The van der Waals surface area contributed by atoms with Crippen molar-refractivity contribution >= 4 is 34.2 Å². The molecule has 4 N–H and O–H groups in total. The smallest absolute Gasteiger partial charge is 0.341 e. The minimum Gasteiger partial charge on any atom is -0.506 e. The van der Waals surface area contributed by atoms with Crippen molar-refractivity contribution in [2.24, 2.45) is 11.7 Å². The van der Waals surface area contributed by atoms with Crippen LogP contribution in [0.3, 0.4) is 0 Å². The Hall–Kier alpha value is -2.25. The van der Waals surface area contributed by atoms with Gasteiger partial charge in [-0.25, -0.2) is 4.79 Å². The van der Waals surface area contributed by atoms with Crippen LogP contribution in [-0.4, -0.2) is 39.9 Å². The molecule has 1 saturated heterocycles. The Balaban J connectivity index is 1.95. The van der Waals surface area contributed by atoms with E-state index in [0.717, 1.165) is 32.2 Å². The first kappa shape index (κ1) is 19.1. The van der Waals surface area contributed by atoms with E-state index in [1.54, 1.807) is 4.57 Å². The molecule has 1 aliphatic heterocycles. The fourth-order valence-corrected chi connectivity index (χ4v) is 4.68. The molecule has 0 spiro atoms. The lowest BCUT2D eigenvalue weighted by molar-refractivity contribution is 0.0695. The molecular weight excluding hydrogens is 382 g/mol. The second-order valence-corrected chi connectivity index (χ2v) is 8.32. The number of phenols is 1. The number of benzene rings is 1. The summed E-state index contributed by atoms with van der Waals surface area (Å²) in [5, 5.41) is 20.5. The minimum atomic E-state index is -1.28. The van der Waals surface area contributed by atoms with Crippen molar-refractivity contribution < 1.29 is 15.0 Å². The van der Waals surface area contributed by atoms with Crippen molar-refractivity contribution in [3.8, 4) is 5.75 Å². The molecule has 1 saturated carbocycles. The molecule has 1 aromatic carbocycles. The van der Waals surface area contributed by atoms with Gasteiger partial charge in [0, 0.05) is 31.4 Å². The lowest BCUT2D eigenvalue weighted by Crippen LogP contribution is -2.47.